The molecule has 0 rings (SSSR count). The Balaban J connectivity index is 4.34. The summed E-state index contributed by atoms with van der Waals surface area (Å²) in [6.45, 7) is 4.56. The Morgan fingerprint density at radius 1 is 0.500 bits per heavy atom. The van der Waals surface area contributed by atoms with Crippen molar-refractivity contribution >= 4 is 17.9 Å². The van der Waals surface area contributed by atoms with Gasteiger partial charge >= 0.3 is 17.9 Å². The summed E-state index contributed by atoms with van der Waals surface area (Å²) in [5.74, 6) is -1.55. The van der Waals surface area contributed by atoms with Crippen molar-refractivity contribution in [2.24, 2.45) is 0 Å². The maximum Gasteiger partial charge on any atom is 0.362 e. The van der Waals surface area contributed by atoms with Crippen molar-refractivity contribution in [3.63, 3.8) is 0 Å². The third kappa shape index (κ3) is 42.1. The van der Waals surface area contributed by atoms with Crippen LogP contribution in [-0.2, 0) is 28.6 Å². The third-order valence-corrected chi connectivity index (χ3v) is 10.8. The minimum Gasteiger partial charge on any atom is -0.477 e. The van der Waals surface area contributed by atoms with Crippen LogP contribution >= 0.6 is 0 Å². The van der Waals surface area contributed by atoms with Crippen molar-refractivity contribution in [1.82, 2.24) is 0 Å². The van der Waals surface area contributed by atoms with Gasteiger partial charge in [0, 0.05) is 19.3 Å². The number of carboxylic acids is 1. The molecule has 0 fully saturated rings. The highest BCUT2D eigenvalue weighted by molar-refractivity contribution is 5.72. The van der Waals surface area contributed by atoms with Gasteiger partial charge in [0.05, 0.1) is 34.4 Å². The van der Waals surface area contributed by atoms with Crippen LogP contribution in [0.1, 0.15) is 200 Å². The molecule has 0 aliphatic carbocycles. The second kappa shape index (κ2) is 44.4. The highest BCUT2D eigenvalue weighted by Gasteiger charge is 2.31. The number of hydrogen-bond acceptors (Lipinski definition) is 6. The predicted molar refractivity (Wildman–Crippen MR) is 261 cm³/mol. The molecular formula is C54H94NO7+. The Bertz CT molecular complexity index is 1240. The van der Waals surface area contributed by atoms with E-state index in [0.717, 1.165) is 57.8 Å². The van der Waals surface area contributed by atoms with Crippen LogP contribution in [0.15, 0.2) is 72.9 Å². The molecule has 8 nitrogen and oxygen atoms in total. The lowest BCUT2D eigenvalue weighted by Crippen LogP contribution is -2.50. The van der Waals surface area contributed by atoms with Gasteiger partial charge in [-0.15, -0.1) is 0 Å². The van der Waals surface area contributed by atoms with Crippen LogP contribution < -0.4 is 0 Å². The van der Waals surface area contributed by atoms with Gasteiger partial charge in [-0.05, 0) is 77.0 Å². The summed E-state index contributed by atoms with van der Waals surface area (Å²) < 4.78 is 17.3. The quantitative estimate of drug-likeness (QED) is 0.0282. The largest absolute Gasteiger partial charge is 0.477 e. The van der Waals surface area contributed by atoms with Gasteiger partial charge in [-0.3, -0.25) is 9.59 Å². The Labute approximate surface area is 381 Å². The minimum atomic E-state index is -0.886. The molecule has 8 heteroatoms. The second-order valence-corrected chi connectivity index (χ2v) is 17.7. The second-order valence-electron chi connectivity index (χ2n) is 17.7. The first kappa shape index (κ1) is 58.8. The fourth-order valence-electron chi connectivity index (χ4n) is 7.00. The molecule has 0 saturated carbocycles. The average Bonchev–Trinajstić information content (AvgIpc) is 3.23. The van der Waals surface area contributed by atoms with Crippen LogP contribution in [0.2, 0.25) is 0 Å². The molecule has 0 aromatic carbocycles. The average molecular weight is 869 g/mol. The van der Waals surface area contributed by atoms with Gasteiger partial charge in [-0.1, -0.05) is 177 Å². The van der Waals surface area contributed by atoms with E-state index in [-0.39, 0.29) is 42.7 Å². The Morgan fingerprint density at radius 3 is 1.40 bits per heavy atom. The van der Waals surface area contributed by atoms with Gasteiger partial charge in [0.25, 0.3) is 0 Å². The maximum atomic E-state index is 12.7. The van der Waals surface area contributed by atoms with Crippen molar-refractivity contribution < 1.29 is 38.2 Å². The number of carbonyl (C=O) groups is 3. The van der Waals surface area contributed by atoms with Crippen molar-refractivity contribution in [2.75, 3.05) is 41.0 Å². The topological polar surface area (TPSA) is 99.1 Å². The van der Waals surface area contributed by atoms with E-state index in [1.54, 1.807) is 0 Å². The zero-order valence-electron chi connectivity index (χ0n) is 40.6. The number of esters is 2. The lowest BCUT2D eigenvalue weighted by Gasteiger charge is -2.31. The number of hydrogen-bond donors (Lipinski definition) is 1. The van der Waals surface area contributed by atoms with Crippen molar-refractivity contribution in [1.29, 1.82) is 0 Å². The molecule has 2 unspecified atom stereocenters. The number of quaternary nitrogens is 1. The standard InChI is InChI=1S/C54H93NO7/c1-6-8-10-12-14-16-18-20-22-24-25-26-27-29-30-32-34-36-38-40-42-44-52(56)61-49-50(48-60-47-46-51(54(58)59)55(3,4)5)62-53(57)45-43-41-39-37-35-33-31-28-23-21-19-17-15-13-11-9-7-2/h9,11,15,17,21,23,26-27,31,33,37,39,50-51H,6-8,10,12-14,16,18-20,22,24-25,28-30,32,34-36,38,40-49H2,1-5H3/p+1/b11-9+,17-15+,23-21+,27-26+,33-31+,39-37+. The molecule has 2 atom stereocenters. The monoisotopic (exact) mass is 869 g/mol. The summed E-state index contributed by atoms with van der Waals surface area (Å²) in [5.41, 5.74) is 0. The van der Waals surface area contributed by atoms with Crippen LogP contribution in [0.4, 0.5) is 0 Å². The highest BCUT2D eigenvalue weighted by atomic mass is 16.6. The summed E-state index contributed by atoms with van der Waals surface area (Å²) in [7, 11) is 5.51. The van der Waals surface area contributed by atoms with E-state index in [1.807, 2.05) is 21.1 Å². The van der Waals surface area contributed by atoms with Crippen molar-refractivity contribution in [2.45, 2.75) is 212 Å². The summed E-state index contributed by atoms with van der Waals surface area (Å²) in [5, 5.41) is 9.64. The summed E-state index contributed by atoms with van der Waals surface area (Å²) >= 11 is 0. The molecule has 0 radical (unpaired) electrons. The van der Waals surface area contributed by atoms with E-state index in [1.165, 1.54) is 103 Å². The number of carbonyl (C=O) groups excluding carboxylic acids is 2. The molecule has 0 bridgehead atoms. The summed E-state index contributed by atoms with van der Waals surface area (Å²) in [6.07, 6.45) is 56.8. The fourth-order valence-corrected chi connectivity index (χ4v) is 7.00. The molecule has 356 valence electrons. The van der Waals surface area contributed by atoms with E-state index in [2.05, 4.69) is 86.8 Å². The number of aliphatic carboxylic acids is 1. The molecule has 0 aliphatic heterocycles. The van der Waals surface area contributed by atoms with Crippen LogP contribution in [-0.4, -0.2) is 80.6 Å². The molecular weight excluding hydrogens is 775 g/mol. The smallest absolute Gasteiger partial charge is 0.362 e. The molecule has 0 heterocycles. The Kier molecular flexibility index (Phi) is 42.1. The molecule has 0 saturated heterocycles. The number of ether oxygens (including phenoxy) is 3. The Hall–Kier alpha value is -3.23. The summed E-state index contributed by atoms with van der Waals surface area (Å²) in [4.78, 5) is 37.1. The van der Waals surface area contributed by atoms with Crippen molar-refractivity contribution in [3.05, 3.63) is 72.9 Å². The maximum absolute atomic E-state index is 12.7. The molecule has 0 amide bonds. The molecule has 0 spiro atoms. The van der Waals surface area contributed by atoms with Gasteiger partial charge in [-0.25, -0.2) is 4.79 Å². The third-order valence-electron chi connectivity index (χ3n) is 10.8. The first-order chi connectivity index (χ1) is 30.1. The van der Waals surface area contributed by atoms with Crippen LogP contribution in [0, 0.1) is 0 Å². The van der Waals surface area contributed by atoms with E-state index >= 15 is 0 Å². The minimum absolute atomic E-state index is 0.0341. The lowest BCUT2D eigenvalue weighted by atomic mass is 10.1. The number of allylic oxidation sites excluding steroid dienone is 12. The van der Waals surface area contributed by atoms with E-state index < -0.39 is 18.1 Å². The molecule has 0 aliphatic rings. The van der Waals surface area contributed by atoms with Gasteiger partial charge in [0.1, 0.15) is 6.61 Å². The Morgan fingerprint density at radius 2 is 0.919 bits per heavy atom. The number of carboxylic acid groups (broad SMARTS) is 1. The number of nitrogens with zero attached hydrogens (tertiary/aromatic N) is 1. The molecule has 62 heavy (non-hydrogen) atoms. The molecule has 1 N–H and O–H groups in total. The van der Waals surface area contributed by atoms with Gasteiger partial charge < -0.3 is 23.8 Å². The van der Waals surface area contributed by atoms with Crippen LogP contribution in [0.25, 0.3) is 0 Å². The van der Waals surface area contributed by atoms with Gasteiger partial charge in [0.15, 0.2) is 12.1 Å². The van der Waals surface area contributed by atoms with E-state index in [0.29, 0.717) is 19.3 Å². The first-order valence-electron chi connectivity index (χ1n) is 25.0. The first-order valence-corrected chi connectivity index (χ1v) is 25.0. The number of rotatable bonds is 44. The van der Waals surface area contributed by atoms with Crippen molar-refractivity contribution in [3.8, 4) is 0 Å². The van der Waals surface area contributed by atoms with Crippen LogP contribution in [0.5, 0.6) is 0 Å². The summed E-state index contributed by atoms with van der Waals surface area (Å²) in [6, 6.07) is -0.629. The molecule has 0 aromatic rings. The number of unbranched alkanes of at least 4 members (excludes halogenated alkanes) is 18. The fraction of sp³-hybridized carbons (Fsp3) is 0.722. The predicted octanol–water partition coefficient (Wildman–Crippen LogP) is 14.3. The highest BCUT2D eigenvalue weighted by Crippen LogP contribution is 2.14. The van der Waals surface area contributed by atoms with E-state index in [4.69, 9.17) is 14.2 Å². The van der Waals surface area contributed by atoms with Gasteiger partial charge in [0.2, 0.25) is 0 Å². The van der Waals surface area contributed by atoms with Gasteiger partial charge in [-0.2, -0.15) is 0 Å². The number of likely N-dealkylation sites (N-methyl/N-ethyl adjacent to an activating group) is 1. The SMILES string of the molecule is CC/C=C/C/C=C/C/C=C/C/C=C/C/C=C/CCCC(=O)OC(COCCC(C(=O)O)[N+](C)(C)C)COC(=O)CCCCCCCCC/C=C/CCCCCCCCCCCC. The normalized spacial score (nSPS) is 13.5. The van der Waals surface area contributed by atoms with E-state index in [9.17, 15) is 19.5 Å². The lowest BCUT2D eigenvalue weighted by molar-refractivity contribution is -0.887. The van der Waals surface area contributed by atoms with Crippen LogP contribution in [0.3, 0.4) is 0 Å². The zero-order chi connectivity index (χ0) is 45.6. The zero-order valence-corrected chi connectivity index (χ0v) is 40.6. The molecule has 0 aromatic heterocycles.